The van der Waals surface area contributed by atoms with Gasteiger partial charge < -0.3 is 20.1 Å². The SMILES string of the molecule is CC/C=C\C/C=C\C/C=C\C/C=C\C/C=C\C/C=C\CCCCCCCCCCCCCCC(=O)OC(COC(=O)CCCCCCCCCCCCCCCC/C=C\C/C=C\C/C=C\C/C=C\CC)COP(=O)(O)OCCN. The molecule has 0 rings (SSSR count). The van der Waals surface area contributed by atoms with E-state index in [2.05, 4.69) is 135 Å². The van der Waals surface area contributed by atoms with Crippen LogP contribution in [0, 0.1) is 0 Å². The highest BCUT2D eigenvalue weighted by atomic mass is 31.2. The Balaban J connectivity index is 3.95. The smallest absolute Gasteiger partial charge is 0.462 e. The number of allylic oxidation sites excluding steroid dienone is 20. The number of hydrogen-bond acceptors (Lipinski definition) is 8. The normalized spacial score (nSPS) is 13.8. The number of nitrogens with two attached hydrogens (primary N) is 1. The van der Waals surface area contributed by atoms with Gasteiger partial charge in [-0.2, -0.15) is 0 Å². The molecule has 2 atom stereocenters. The predicted molar refractivity (Wildman–Crippen MR) is 339 cm³/mol. The van der Waals surface area contributed by atoms with Gasteiger partial charge in [0, 0.05) is 19.4 Å². The summed E-state index contributed by atoms with van der Waals surface area (Å²) in [6.07, 6.45) is 88.3. The number of phosphoric ester groups is 1. The van der Waals surface area contributed by atoms with Gasteiger partial charge in [-0.05, 0) is 103 Å². The van der Waals surface area contributed by atoms with Crippen molar-refractivity contribution < 1.29 is 37.6 Å². The quantitative estimate of drug-likeness (QED) is 0.0264. The van der Waals surface area contributed by atoms with Crippen LogP contribution >= 0.6 is 7.82 Å². The standard InChI is InChI=1S/C69H118NO8P/c1-3-5-7-9-11-13-15-17-19-21-23-25-27-29-31-32-33-34-36-38-40-42-44-46-48-50-52-54-56-58-60-62-69(72)78-67(66-77-79(73,74)76-64-63-70)65-75-68(71)61-59-57-55-53-51-49-47-45-43-41-39-37-35-30-28-26-24-22-20-18-16-14-12-10-8-6-4-2/h5-8,11-14,17-20,23-26,29,31,33-34,67H,3-4,9-10,15-16,21-22,27-28,30,32,35-66,70H2,1-2H3,(H,73,74)/b7-5-,8-6-,13-11-,14-12-,19-17-,20-18-,25-23-,26-24-,31-29-,34-33-. The van der Waals surface area contributed by atoms with Crippen molar-refractivity contribution in [2.45, 2.75) is 277 Å². The molecule has 0 aliphatic carbocycles. The zero-order valence-corrected chi connectivity index (χ0v) is 51.5. The van der Waals surface area contributed by atoms with Gasteiger partial charge in [0.05, 0.1) is 13.2 Å². The second-order valence-electron chi connectivity index (χ2n) is 20.9. The molecule has 9 nitrogen and oxygen atoms in total. The summed E-state index contributed by atoms with van der Waals surface area (Å²) in [6.45, 7) is 3.53. The van der Waals surface area contributed by atoms with E-state index in [4.69, 9.17) is 24.3 Å². The van der Waals surface area contributed by atoms with Crippen LogP contribution < -0.4 is 5.73 Å². The monoisotopic (exact) mass is 1120 g/mol. The molecule has 0 bridgehead atoms. The Hall–Kier alpha value is -3.59. The number of carbonyl (C=O) groups excluding carboxylic acids is 2. The number of rotatable bonds is 59. The maximum Gasteiger partial charge on any atom is 0.472 e. The molecule has 79 heavy (non-hydrogen) atoms. The average molecular weight is 1120 g/mol. The van der Waals surface area contributed by atoms with Crippen molar-refractivity contribution in [3.63, 3.8) is 0 Å². The Morgan fingerprint density at radius 3 is 0.975 bits per heavy atom. The van der Waals surface area contributed by atoms with E-state index in [0.29, 0.717) is 6.42 Å². The van der Waals surface area contributed by atoms with Crippen molar-refractivity contribution >= 4 is 19.8 Å². The molecule has 0 fully saturated rings. The molecule has 0 saturated heterocycles. The zero-order chi connectivity index (χ0) is 57.3. The van der Waals surface area contributed by atoms with Crippen LogP contribution in [0.1, 0.15) is 271 Å². The van der Waals surface area contributed by atoms with Crippen LogP contribution in [0.5, 0.6) is 0 Å². The van der Waals surface area contributed by atoms with Crippen molar-refractivity contribution in [1.82, 2.24) is 0 Å². The second-order valence-corrected chi connectivity index (χ2v) is 22.3. The summed E-state index contributed by atoms with van der Waals surface area (Å²) in [4.78, 5) is 35.3. The molecular weight excluding hydrogens is 1000 g/mol. The highest BCUT2D eigenvalue weighted by Gasteiger charge is 2.26. The minimum Gasteiger partial charge on any atom is -0.462 e. The number of unbranched alkanes of at least 4 members (excludes halogenated alkanes) is 26. The molecule has 0 amide bonds. The maximum atomic E-state index is 12.7. The molecule has 3 N–H and O–H groups in total. The first-order chi connectivity index (χ1) is 38.8. The molecule has 0 aromatic rings. The fourth-order valence-electron chi connectivity index (χ4n) is 8.69. The summed E-state index contributed by atoms with van der Waals surface area (Å²) in [5.74, 6) is -0.830. The van der Waals surface area contributed by atoms with Gasteiger partial charge in [0.25, 0.3) is 0 Å². The Morgan fingerprint density at radius 1 is 0.380 bits per heavy atom. The topological polar surface area (TPSA) is 134 Å². The molecule has 2 unspecified atom stereocenters. The second kappa shape index (κ2) is 63.6. The number of hydrogen-bond donors (Lipinski definition) is 2. The van der Waals surface area contributed by atoms with E-state index in [1.165, 1.54) is 135 Å². The lowest BCUT2D eigenvalue weighted by molar-refractivity contribution is -0.161. The predicted octanol–water partition coefficient (Wildman–Crippen LogP) is 20.7. The van der Waals surface area contributed by atoms with E-state index in [1.807, 2.05) is 0 Å². The highest BCUT2D eigenvalue weighted by molar-refractivity contribution is 7.47. The van der Waals surface area contributed by atoms with Crippen molar-refractivity contribution in [3.8, 4) is 0 Å². The molecule has 0 saturated carbocycles. The van der Waals surface area contributed by atoms with Gasteiger partial charge >= 0.3 is 19.8 Å². The molecule has 0 aromatic heterocycles. The third kappa shape index (κ3) is 63.5. The van der Waals surface area contributed by atoms with E-state index in [1.54, 1.807) is 0 Å². The summed E-state index contributed by atoms with van der Waals surface area (Å²) in [5.41, 5.74) is 5.39. The van der Waals surface area contributed by atoms with E-state index in [-0.39, 0.29) is 38.6 Å². The molecular formula is C69H118NO8P. The van der Waals surface area contributed by atoms with E-state index >= 15 is 0 Å². The molecule has 0 aliphatic heterocycles. The first-order valence-corrected chi connectivity index (χ1v) is 33.5. The van der Waals surface area contributed by atoms with Crippen molar-refractivity contribution in [3.05, 3.63) is 122 Å². The number of esters is 2. The number of phosphoric acid groups is 1. The Bertz CT molecular complexity index is 1710. The van der Waals surface area contributed by atoms with Gasteiger partial charge in [0.2, 0.25) is 0 Å². The van der Waals surface area contributed by atoms with Crippen LogP contribution in [0.25, 0.3) is 0 Å². The molecule has 0 heterocycles. The third-order valence-electron chi connectivity index (χ3n) is 13.3. The van der Waals surface area contributed by atoms with Crippen molar-refractivity contribution in [2.24, 2.45) is 5.73 Å². The minimum absolute atomic E-state index is 0.0485. The maximum absolute atomic E-state index is 12.7. The molecule has 0 aliphatic rings. The molecule has 0 radical (unpaired) electrons. The van der Waals surface area contributed by atoms with Crippen LogP contribution in [0.2, 0.25) is 0 Å². The van der Waals surface area contributed by atoms with Gasteiger partial charge in [0.1, 0.15) is 6.61 Å². The summed E-state index contributed by atoms with van der Waals surface area (Å²) >= 11 is 0. The van der Waals surface area contributed by atoms with Crippen LogP contribution in [-0.4, -0.2) is 49.3 Å². The van der Waals surface area contributed by atoms with Gasteiger partial charge in [0.15, 0.2) is 6.10 Å². The number of carbonyl (C=O) groups is 2. The largest absolute Gasteiger partial charge is 0.472 e. The van der Waals surface area contributed by atoms with E-state index < -0.39 is 26.5 Å². The number of ether oxygens (including phenoxy) is 2. The van der Waals surface area contributed by atoms with Crippen LogP contribution in [0.3, 0.4) is 0 Å². The lowest BCUT2D eigenvalue weighted by atomic mass is 10.0. The van der Waals surface area contributed by atoms with E-state index in [0.717, 1.165) is 103 Å². The highest BCUT2D eigenvalue weighted by Crippen LogP contribution is 2.43. The molecule has 10 heteroatoms. The Labute approximate surface area is 485 Å². The summed E-state index contributed by atoms with van der Waals surface area (Å²) in [7, 11) is -4.40. The molecule has 452 valence electrons. The molecule has 0 spiro atoms. The first-order valence-electron chi connectivity index (χ1n) is 32.0. The van der Waals surface area contributed by atoms with Gasteiger partial charge in [-0.25, -0.2) is 4.57 Å². The van der Waals surface area contributed by atoms with Gasteiger partial charge in [-0.1, -0.05) is 277 Å². The Kier molecular flexibility index (Phi) is 60.7. The summed E-state index contributed by atoms with van der Waals surface area (Å²) in [5, 5.41) is 0. The fraction of sp³-hybridized carbons (Fsp3) is 0.681. The van der Waals surface area contributed by atoms with Crippen molar-refractivity contribution in [1.29, 1.82) is 0 Å². The van der Waals surface area contributed by atoms with Gasteiger partial charge in [-0.3, -0.25) is 18.6 Å². The van der Waals surface area contributed by atoms with Crippen molar-refractivity contribution in [2.75, 3.05) is 26.4 Å². The third-order valence-corrected chi connectivity index (χ3v) is 14.3. The van der Waals surface area contributed by atoms with Crippen LogP contribution in [-0.2, 0) is 32.7 Å². The first kappa shape index (κ1) is 75.4. The fourth-order valence-corrected chi connectivity index (χ4v) is 9.46. The average Bonchev–Trinajstić information content (AvgIpc) is 3.44. The minimum atomic E-state index is -4.40. The molecule has 0 aromatic carbocycles. The summed E-state index contributed by atoms with van der Waals surface area (Å²) < 4.78 is 33.1. The van der Waals surface area contributed by atoms with Crippen LogP contribution in [0.4, 0.5) is 0 Å². The van der Waals surface area contributed by atoms with Crippen LogP contribution in [0.15, 0.2) is 122 Å². The van der Waals surface area contributed by atoms with E-state index in [9.17, 15) is 19.0 Å². The lowest BCUT2D eigenvalue weighted by Gasteiger charge is -2.19. The summed E-state index contributed by atoms with van der Waals surface area (Å²) in [6, 6.07) is 0. The zero-order valence-electron chi connectivity index (χ0n) is 50.6. The Morgan fingerprint density at radius 2 is 0.658 bits per heavy atom. The van der Waals surface area contributed by atoms with Gasteiger partial charge in [-0.15, -0.1) is 0 Å². The lowest BCUT2D eigenvalue weighted by Crippen LogP contribution is -2.29.